The van der Waals surface area contributed by atoms with E-state index in [0.29, 0.717) is 0 Å². The number of hydrogen-bond acceptors (Lipinski definition) is 3. The highest BCUT2D eigenvalue weighted by Crippen LogP contribution is 2.41. The van der Waals surface area contributed by atoms with E-state index >= 15 is 0 Å². The number of rotatable bonds is 1. The Morgan fingerprint density at radius 3 is 2.19 bits per heavy atom. The third-order valence-corrected chi connectivity index (χ3v) is 4.01. The van der Waals surface area contributed by atoms with Crippen LogP contribution in [0.1, 0.15) is 4.88 Å². The van der Waals surface area contributed by atoms with Crippen LogP contribution in [0, 0.1) is 6.92 Å². The molecule has 0 aliphatic carbocycles. The van der Waals surface area contributed by atoms with E-state index in [0.717, 1.165) is 20.6 Å². The summed E-state index contributed by atoms with van der Waals surface area (Å²) in [5.41, 5.74) is 1.64. The van der Waals surface area contributed by atoms with Crippen LogP contribution in [-0.4, -0.2) is 0 Å². The zero-order chi connectivity index (χ0) is 11.2. The predicted octanol–water partition coefficient (Wildman–Crippen LogP) is 3.93. The Morgan fingerprint density at radius 2 is 1.69 bits per heavy atom. The quantitative estimate of drug-likeness (QED) is 0.800. The maximum Gasteiger partial charge on any atom is 0.144 e. The van der Waals surface area contributed by atoms with Crippen molar-refractivity contribution in [2.45, 2.75) is 5.66 Å². The molecule has 0 saturated heterocycles. The highest BCUT2D eigenvalue weighted by atomic mass is 35.5. The van der Waals surface area contributed by atoms with Crippen molar-refractivity contribution in [2.24, 2.45) is 0 Å². The summed E-state index contributed by atoms with van der Waals surface area (Å²) in [4.78, 5) is 1.08. The highest BCUT2D eigenvalue weighted by Gasteiger charge is 2.34. The maximum atomic E-state index is 5.95. The van der Waals surface area contributed by atoms with Crippen LogP contribution in [-0.2, 0) is 5.66 Å². The first kappa shape index (κ1) is 10.00. The van der Waals surface area contributed by atoms with Crippen molar-refractivity contribution >= 4 is 34.3 Å². The van der Waals surface area contributed by atoms with E-state index in [9.17, 15) is 0 Å². The van der Waals surface area contributed by atoms with Crippen molar-refractivity contribution in [1.29, 1.82) is 0 Å². The van der Waals surface area contributed by atoms with E-state index in [1.165, 1.54) is 11.3 Å². The van der Waals surface area contributed by atoms with Gasteiger partial charge in [0, 0.05) is 0 Å². The number of nitrogens with one attached hydrogen (secondary N) is 2. The molecule has 2 heterocycles. The Hall–Kier alpha value is -1.19. The number of benzene rings is 1. The zero-order valence-electron chi connectivity index (χ0n) is 8.46. The lowest BCUT2D eigenvalue weighted by molar-refractivity contribution is 0.750. The molecule has 0 fully saturated rings. The second-order valence-corrected chi connectivity index (χ2v) is 5.52. The standard InChI is InChI=1S/C12H10ClN2S/c1-12(10-6-7-11(13)16-10)14-8-4-2-3-5-9(8)15-12/h2-7,14-15H,1H2. The fourth-order valence-corrected chi connectivity index (χ4v) is 2.93. The molecule has 0 spiro atoms. The molecule has 0 unspecified atom stereocenters. The van der Waals surface area contributed by atoms with Gasteiger partial charge in [0.05, 0.1) is 20.6 Å². The molecule has 3 rings (SSSR count). The zero-order valence-corrected chi connectivity index (χ0v) is 10.0. The van der Waals surface area contributed by atoms with Crippen LogP contribution >= 0.6 is 22.9 Å². The summed E-state index contributed by atoms with van der Waals surface area (Å²) in [6, 6.07) is 11.9. The Kier molecular flexibility index (Phi) is 2.13. The van der Waals surface area contributed by atoms with Gasteiger partial charge < -0.3 is 10.6 Å². The third kappa shape index (κ3) is 1.47. The van der Waals surface area contributed by atoms with Gasteiger partial charge in [0.25, 0.3) is 0 Å². The van der Waals surface area contributed by atoms with Crippen LogP contribution in [0.15, 0.2) is 36.4 Å². The lowest BCUT2D eigenvalue weighted by Gasteiger charge is -2.24. The fourth-order valence-electron chi connectivity index (χ4n) is 1.86. The molecule has 1 aliphatic heterocycles. The predicted molar refractivity (Wildman–Crippen MR) is 70.1 cm³/mol. The third-order valence-electron chi connectivity index (χ3n) is 2.62. The topological polar surface area (TPSA) is 24.1 Å². The van der Waals surface area contributed by atoms with E-state index in [1.54, 1.807) is 0 Å². The monoisotopic (exact) mass is 249 g/mol. The van der Waals surface area contributed by atoms with Crippen LogP contribution in [0.4, 0.5) is 11.4 Å². The molecule has 1 radical (unpaired) electrons. The molecule has 16 heavy (non-hydrogen) atoms. The fraction of sp³-hybridized carbons (Fsp3) is 0.0833. The van der Waals surface area contributed by atoms with E-state index < -0.39 is 5.66 Å². The number of fused-ring (bicyclic) bond motifs is 1. The van der Waals surface area contributed by atoms with Crippen LogP contribution in [0.3, 0.4) is 0 Å². The number of hydrogen-bond donors (Lipinski definition) is 2. The number of para-hydroxylation sites is 2. The molecule has 0 saturated carbocycles. The summed E-state index contributed by atoms with van der Waals surface area (Å²) in [5.74, 6) is 0. The van der Waals surface area contributed by atoms with Crippen molar-refractivity contribution in [2.75, 3.05) is 10.6 Å². The lowest BCUT2D eigenvalue weighted by Crippen LogP contribution is -2.34. The first-order chi connectivity index (χ1) is 7.67. The Bertz CT molecular complexity index is 510. The van der Waals surface area contributed by atoms with Gasteiger partial charge in [0.1, 0.15) is 5.66 Å². The molecule has 81 valence electrons. The molecule has 2 nitrogen and oxygen atoms in total. The molecule has 0 atom stereocenters. The van der Waals surface area contributed by atoms with Gasteiger partial charge >= 0.3 is 0 Å². The molecule has 1 aromatic carbocycles. The van der Waals surface area contributed by atoms with Crippen LogP contribution in [0.25, 0.3) is 0 Å². The molecule has 0 amide bonds. The minimum Gasteiger partial charge on any atom is -0.357 e. The van der Waals surface area contributed by atoms with Crippen LogP contribution < -0.4 is 10.6 Å². The lowest BCUT2D eigenvalue weighted by atomic mass is 10.2. The Balaban J connectivity index is 2.00. The molecule has 1 aliphatic rings. The molecule has 2 N–H and O–H groups in total. The van der Waals surface area contributed by atoms with Gasteiger partial charge in [0.15, 0.2) is 0 Å². The molecule has 1 aromatic heterocycles. The summed E-state index contributed by atoms with van der Waals surface area (Å²) in [7, 11) is 0. The molecule has 2 aromatic rings. The summed E-state index contributed by atoms with van der Waals surface area (Å²) < 4.78 is 0.776. The van der Waals surface area contributed by atoms with Crippen molar-refractivity contribution in [3.05, 3.63) is 52.5 Å². The van der Waals surface area contributed by atoms with E-state index in [1.807, 2.05) is 36.4 Å². The van der Waals surface area contributed by atoms with Gasteiger partial charge in [-0.15, -0.1) is 11.3 Å². The average molecular weight is 250 g/mol. The van der Waals surface area contributed by atoms with Gasteiger partial charge in [-0.1, -0.05) is 23.7 Å². The summed E-state index contributed by atoms with van der Waals surface area (Å²) in [5, 5.41) is 6.74. The largest absolute Gasteiger partial charge is 0.357 e. The van der Waals surface area contributed by atoms with Crippen LogP contribution in [0.2, 0.25) is 4.34 Å². The summed E-state index contributed by atoms with van der Waals surface area (Å²) in [6.45, 7) is 4.20. The average Bonchev–Trinajstić information content (AvgIpc) is 2.81. The van der Waals surface area contributed by atoms with Crippen molar-refractivity contribution < 1.29 is 0 Å². The smallest absolute Gasteiger partial charge is 0.144 e. The highest BCUT2D eigenvalue weighted by molar-refractivity contribution is 7.16. The number of anilines is 2. The van der Waals surface area contributed by atoms with E-state index in [2.05, 4.69) is 17.6 Å². The van der Waals surface area contributed by atoms with Gasteiger partial charge in [0.2, 0.25) is 0 Å². The maximum absolute atomic E-state index is 5.95. The van der Waals surface area contributed by atoms with Gasteiger partial charge in [-0.3, -0.25) is 0 Å². The van der Waals surface area contributed by atoms with Crippen molar-refractivity contribution in [1.82, 2.24) is 0 Å². The van der Waals surface area contributed by atoms with Crippen molar-refractivity contribution in [3.63, 3.8) is 0 Å². The molecule has 4 heteroatoms. The van der Waals surface area contributed by atoms with Gasteiger partial charge in [-0.2, -0.15) is 0 Å². The first-order valence-electron chi connectivity index (χ1n) is 4.94. The van der Waals surface area contributed by atoms with E-state index in [-0.39, 0.29) is 0 Å². The van der Waals surface area contributed by atoms with Crippen LogP contribution in [0.5, 0.6) is 0 Å². The van der Waals surface area contributed by atoms with Crippen molar-refractivity contribution in [3.8, 4) is 0 Å². The Morgan fingerprint density at radius 1 is 1.06 bits per heavy atom. The number of halogens is 1. The van der Waals surface area contributed by atoms with E-state index in [4.69, 9.17) is 11.6 Å². The van der Waals surface area contributed by atoms with Gasteiger partial charge in [-0.25, -0.2) is 0 Å². The first-order valence-corrected chi connectivity index (χ1v) is 6.13. The number of thiophene rings is 1. The summed E-state index contributed by atoms with van der Waals surface area (Å²) in [6.07, 6.45) is 0. The second kappa shape index (κ2) is 3.40. The Labute approximate surface area is 103 Å². The summed E-state index contributed by atoms with van der Waals surface area (Å²) >= 11 is 7.48. The minimum atomic E-state index is -0.499. The molecule has 0 bridgehead atoms. The van der Waals surface area contributed by atoms with Gasteiger partial charge in [-0.05, 0) is 31.2 Å². The second-order valence-electron chi connectivity index (χ2n) is 3.80. The SMILES string of the molecule is [CH2]C1(c2ccc(Cl)s2)Nc2ccccc2N1. The minimum absolute atomic E-state index is 0.499. The molecular weight excluding hydrogens is 240 g/mol. The molecular formula is C12H10ClN2S. The normalized spacial score (nSPS) is 16.4.